The van der Waals surface area contributed by atoms with Crippen LogP contribution in [0.25, 0.3) is 0 Å². The maximum absolute atomic E-state index is 12.7. The molecule has 6 nitrogen and oxygen atoms in total. The normalized spacial score (nSPS) is 21.2. The number of carbonyl (C=O) groups is 2. The molecule has 0 spiro atoms. The van der Waals surface area contributed by atoms with Gasteiger partial charge in [-0.15, -0.1) is 0 Å². The maximum atomic E-state index is 12.7. The van der Waals surface area contributed by atoms with E-state index in [1.165, 1.54) is 0 Å². The quantitative estimate of drug-likeness (QED) is 0.772. The maximum Gasteiger partial charge on any atom is 0.338 e. The first-order chi connectivity index (χ1) is 12.6. The van der Waals surface area contributed by atoms with E-state index in [0.717, 1.165) is 35.7 Å². The van der Waals surface area contributed by atoms with Crippen LogP contribution in [0.1, 0.15) is 24.1 Å². The third kappa shape index (κ3) is 4.40. The molecule has 26 heavy (non-hydrogen) atoms. The van der Waals surface area contributed by atoms with E-state index in [9.17, 15) is 9.59 Å². The second kappa shape index (κ2) is 8.60. The van der Waals surface area contributed by atoms with Gasteiger partial charge in [-0.3, -0.25) is 4.90 Å². The van der Waals surface area contributed by atoms with Crippen LogP contribution in [-0.2, 0) is 9.53 Å². The molecule has 1 fully saturated rings. The summed E-state index contributed by atoms with van der Waals surface area (Å²) in [4.78, 5) is 27.2. The van der Waals surface area contributed by atoms with Gasteiger partial charge in [-0.1, -0.05) is 29.8 Å². The lowest BCUT2D eigenvalue weighted by atomic mass is 9.94. The Balaban J connectivity index is 1.96. The summed E-state index contributed by atoms with van der Waals surface area (Å²) in [6.07, 6.45) is 0. The summed E-state index contributed by atoms with van der Waals surface area (Å²) >= 11 is 1.93. The number of ether oxygens (including phenoxy) is 1. The molecule has 1 unspecified atom stereocenters. The average molecular weight is 375 g/mol. The van der Waals surface area contributed by atoms with Gasteiger partial charge >= 0.3 is 12.0 Å². The molecule has 1 aromatic carbocycles. The Morgan fingerprint density at radius 1 is 1.27 bits per heavy atom. The Labute approximate surface area is 158 Å². The van der Waals surface area contributed by atoms with Gasteiger partial charge in [0, 0.05) is 36.8 Å². The second-order valence-corrected chi connectivity index (χ2v) is 7.67. The van der Waals surface area contributed by atoms with E-state index in [1.54, 1.807) is 6.92 Å². The number of hydrogen-bond acceptors (Lipinski definition) is 5. The molecular weight excluding hydrogens is 350 g/mol. The van der Waals surface area contributed by atoms with E-state index in [2.05, 4.69) is 15.5 Å². The molecule has 0 aliphatic carbocycles. The molecule has 2 heterocycles. The third-order valence-corrected chi connectivity index (χ3v) is 5.49. The van der Waals surface area contributed by atoms with E-state index >= 15 is 0 Å². The van der Waals surface area contributed by atoms with E-state index < -0.39 is 6.04 Å². The van der Waals surface area contributed by atoms with Gasteiger partial charge in [-0.25, -0.2) is 9.59 Å². The Hall–Kier alpha value is -1.99. The van der Waals surface area contributed by atoms with Crippen LogP contribution in [0.3, 0.4) is 0 Å². The molecule has 0 saturated carbocycles. The summed E-state index contributed by atoms with van der Waals surface area (Å²) in [5.41, 5.74) is 3.14. The summed E-state index contributed by atoms with van der Waals surface area (Å²) in [5, 5.41) is 5.72. The summed E-state index contributed by atoms with van der Waals surface area (Å²) in [7, 11) is 0. The number of nitrogens with one attached hydrogen (secondary N) is 2. The van der Waals surface area contributed by atoms with Crippen molar-refractivity contribution >= 4 is 23.8 Å². The van der Waals surface area contributed by atoms with Crippen LogP contribution in [0.4, 0.5) is 4.79 Å². The van der Waals surface area contributed by atoms with Crippen molar-refractivity contribution in [3.8, 4) is 0 Å². The SMILES string of the molecule is CCOC(=O)C1=C(CN2CCSCC2)NC(=O)NC1c1ccc(C)cc1. The van der Waals surface area contributed by atoms with Crippen molar-refractivity contribution in [2.75, 3.05) is 37.7 Å². The highest BCUT2D eigenvalue weighted by Gasteiger charge is 2.34. The van der Waals surface area contributed by atoms with Crippen molar-refractivity contribution in [1.29, 1.82) is 0 Å². The molecule has 0 aromatic heterocycles. The van der Waals surface area contributed by atoms with Gasteiger partial charge in [0.05, 0.1) is 18.2 Å². The number of amides is 2. The lowest BCUT2D eigenvalue weighted by Crippen LogP contribution is -2.49. The van der Waals surface area contributed by atoms with Gasteiger partial charge in [-0.2, -0.15) is 11.8 Å². The number of urea groups is 1. The first-order valence-electron chi connectivity index (χ1n) is 8.93. The highest BCUT2D eigenvalue weighted by molar-refractivity contribution is 7.99. The van der Waals surface area contributed by atoms with Gasteiger partial charge < -0.3 is 15.4 Å². The van der Waals surface area contributed by atoms with E-state index in [1.807, 2.05) is 43.0 Å². The van der Waals surface area contributed by atoms with Crippen LogP contribution < -0.4 is 10.6 Å². The third-order valence-electron chi connectivity index (χ3n) is 4.55. The Morgan fingerprint density at radius 3 is 2.62 bits per heavy atom. The monoisotopic (exact) mass is 375 g/mol. The van der Waals surface area contributed by atoms with Crippen LogP contribution in [0.15, 0.2) is 35.5 Å². The topological polar surface area (TPSA) is 70.7 Å². The number of esters is 1. The largest absolute Gasteiger partial charge is 0.463 e. The number of nitrogens with zero attached hydrogens (tertiary/aromatic N) is 1. The first kappa shape index (κ1) is 18.8. The van der Waals surface area contributed by atoms with Crippen molar-refractivity contribution in [3.63, 3.8) is 0 Å². The second-order valence-electron chi connectivity index (χ2n) is 6.44. The predicted molar refractivity (Wildman–Crippen MR) is 103 cm³/mol. The fraction of sp³-hybridized carbons (Fsp3) is 0.474. The number of carbonyl (C=O) groups excluding carboxylic acids is 2. The molecule has 2 amide bonds. The zero-order chi connectivity index (χ0) is 18.5. The number of aryl methyl sites for hydroxylation is 1. The molecular formula is C19H25N3O3S. The van der Waals surface area contributed by atoms with Crippen molar-refractivity contribution < 1.29 is 14.3 Å². The van der Waals surface area contributed by atoms with Crippen molar-refractivity contribution in [2.45, 2.75) is 19.9 Å². The molecule has 1 saturated heterocycles. The van der Waals surface area contributed by atoms with E-state index in [-0.39, 0.29) is 12.0 Å². The number of rotatable bonds is 5. The molecule has 0 radical (unpaired) electrons. The highest BCUT2D eigenvalue weighted by Crippen LogP contribution is 2.28. The van der Waals surface area contributed by atoms with Crippen molar-refractivity contribution in [1.82, 2.24) is 15.5 Å². The van der Waals surface area contributed by atoms with Gasteiger partial charge in [0.1, 0.15) is 0 Å². The lowest BCUT2D eigenvalue weighted by Gasteiger charge is -2.33. The number of benzene rings is 1. The predicted octanol–water partition coefficient (Wildman–Crippen LogP) is 2.21. The first-order valence-corrected chi connectivity index (χ1v) is 10.1. The standard InChI is InChI=1S/C19H25N3O3S/c1-3-25-18(23)16-15(12-22-8-10-26-11-9-22)20-19(24)21-17(16)14-6-4-13(2)5-7-14/h4-7,17H,3,8-12H2,1-2H3,(H2,20,21,24). The van der Waals surface area contributed by atoms with Crippen LogP contribution in [0, 0.1) is 6.92 Å². The minimum Gasteiger partial charge on any atom is -0.463 e. The fourth-order valence-electron chi connectivity index (χ4n) is 3.18. The minimum atomic E-state index is -0.502. The van der Waals surface area contributed by atoms with Crippen LogP contribution in [0.2, 0.25) is 0 Å². The van der Waals surface area contributed by atoms with Crippen LogP contribution in [0.5, 0.6) is 0 Å². The molecule has 2 aliphatic heterocycles. The Bertz CT molecular complexity index is 696. The van der Waals surface area contributed by atoms with Crippen molar-refractivity contribution in [3.05, 3.63) is 46.7 Å². The fourth-order valence-corrected chi connectivity index (χ4v) is 4.16. The smallest absolute Gasteiger partial charge is 0.338 e. The van der Waals surface area contributed by atoms with Gasteiger partial charge in [0.25, 0.3) is 0 Å². The molecule has 2 aliphatic rings. The zero-order valence-corrected chi connectivity index (χ0v) is 16.0. The summed E-state index contributed by atoms with van der Waals surface area (Å²) in [6.45, 7) is 6.53. The molecule has 3 rings (SSSR count). The molecule has 0 bridgehead atoms. The summed E-state index contributed by atoms with van der Waals surface area (Å²) < 4.78 is 5.30. The average Bonchev–Trinajstić information content (AvgIpc) is 2.63. The number of hydrogen-bond donors (Lipinski definition) is 2. The molecule has 7 heteroatoms. The summed E-state index contributed by atoms with van der Waals surface area (Å²) in [5.74, 6) is 1.75. The van der Waals surface area contributed by atoms with Gasteiger partial charge in [0.2, 0.25) is 0 Å². The van der Waals surface area contributed by atoms with Gasteiger partial charge in [-0.05, 0) is 19.4 Å². The Kier molecular flexibility index (Phi) is 6.21. The molecule has 1 aromatic rings. The van der Waals surface area contributed by atoms with Gasteiger partial charge in [0.15, 0.2) is 0 Å². The molecule has 1 atom stereocenters. The van der Waals surface area contributed by atoms with Crippen LogP contribution >= 0.6 is 11.8 Å². The molecule has 140 valence electrons. The lowest BCUT2D eigenvalue weighted by molar-refractivity contribution is -0.139. The minimum absolute atomic E-state index is 0.287. The van der Waals surface area contributed by atoms with E-state index in [0.29, 0.717) is 24.4 Å². The Morgan fingerprint density at radius 2 is 1.96 bits per heavy atom. The van der Waals surface area contributed by atoms with E-state index in [4.69, 9.17) is 4.74 Å². The van der Waals surface area contributed by atoms with Crippen molar-refractivity contribution in [2.24, 2.45) is 0 Å². The highest BCUT2D eigenvalue weighted by atomic mass is 32.2. The number of thioether (sulfide) groups is 1. The zero-order valence-electron chi connectivity index (χ0n) is 15.2. The summed E-state index contributed by atoms with van der Waals surface area (Å²) in [6, 6.07) is 7.06. The van der Waals surface area contributed by atoms with Crippen LogP contribution in [-0.4, -0.2) is 54.6 Å². The molecule has 2 N–H and O–H groups in total.